The van der Waals surface area contributed by atoms with E-state index in [0.29, 0.717) is 21.5 Å². The molecule has 0 radical (unpaired) electrons. The summed E-state index contributed by atoms with van der Waals surface area (Å²) in [4.78, 5) is 27.6. The van der Waals surface area contributed by atoms with Crippen molar-refractivity contribution in [3.8, 4) is 5.75 Å². The minimum Gasteiger partial charge on any atom is -0.465 e. The van der Waals surface area contributed by atoms with Gasteiger partial charge in [0.2, 0.25) is 0 Å². The zero-order valence-electron chi connectivity index (χ0n) is 14.4. The number of amides is 1. The lowest BCUT2D eigenvalue weighted by Crippen LogP contribution is -2.17. The summed E-state index contributed by atoms with van der Waals surface area (Å²) >= 11 is 3.25. The summed E-state index contributed by atoms with van der Waals surface area (Å²) in [5.74, 6) is 0.0475. The Morgan fingerprint density at radius 2 is 2.00 bits per heavy atom. The van der Waals surface area contributed by atoms with Crippen LogP contribution in [-0.2, 0) is 4.79 Å². The largest absolute Gasteiger partial charge is 0.465 e. The average Bonchev–Trinajstić information content (AvgIpc) is 3.21. The molecule has 0 aliphatic heterocycles. The molecule has 0 aliphatic rings. The molecule has 8 heteroatoms. The summed E-state index contributed by atoms with van der Waals surface area (Å²) in [6.45, 7) is 0. The molecule has 3 rings (SSSR count). The maximum atomic E-state index is 12.0. The summed E-state index contributed by atoms with van der Waals surface area (Å²) in [6.07, 6.45) is 8.82. The van der Waals surface area contributed by atoms with Gasteiger partial charge in [-0.25, -0.2) is 10.2 Å². The molecular weight excluding hydrogens is 426 g/mol. The first-order valence-electron chi connectivity index (χ1n) is 8.07. The molecule has 0 fully saturated rings. The number of halogens is 1. The fourth-order valence-electron chi connectivity index (χ4n) is 2.07. The molecule has 0 bridgehead atoms. The van der Waals surface area contributed by atoms with E-state index >= 15 is 0 Å². The Kier molecular flexibility index (Phi) is 6.48. The third-order valence-corrected chi connectivity index (χ3v) is 3.81. The van der Waals surface area contributed by atoms with Gasteiger partial charge in [-0.1, -0.05) is 0 Å². The number of carbonyl (C=O) groups is 2. The van der Waals surface area contributed by atoms with E-state index in [-0.39, 0.29) is 5.91 Å². The van der Waals surface area contributed by atoms with Gasteiger partial charge in [0.05, 0.1) is 18.0 Å². The number of hydrogen-bond acceptors (Lipinski definition) is 6. The maximum Gasteiger partial charge on any atom is 0.336 e. The summed E-state index contributed by atoms with van der Waals surface area (Å²) in [6, 6.07) is 11.7. The number of pyridine rings is 1. The molecule has 1 amide bonds. The van der Waals surface area contributed by atoms with Gasteiger partial charge < -0.3 is 9.15 Å². The van der Waals surface area contributed by atoms with Crippen LogP contribution in [0.15, 0.2) is 81.2 Å². The van der Waals surface area contributed by atoms with Crippen molar-refractivity contribution in [3.63, 3.8) is 0 Å². The molecule has 1 N–H and O–H groups in total. The number of rotatable bonds is 6. The van der Waals surface area contributed by atoms with E-state index < -0.39 is 5.97 Å². The van der Waals surface area contributed by atoms with Crippen LogP contribution in [-0.4, -0.2) is 23.1 Å². The molecule has 0 saturated heterocycles. The second kappa shape index (κ2) is 9.43. The number of aromatic nitrogens is 1. The number of esters is 1. The number of nitrogens with one attached hydrogen (secondary N) is 1. The normalized spacial score (nSPS) is 11.0. The van der Waals surface area contributed by atoms with Gasteiger partial charge in [0.25, 0.3) is 5.91 Å². The van der Waals surface area contributed by atoms with Gasteiger partial charge in [-0.2, -0.15) is 5.10 Å². The highest BCUT2D eigenvalue weighted by Gasteiger charge is 2.05. The fraction of sp³-hybridized carbons (Fsp3) is 0. The van der Waals surface area contributed by atoms with Crippen molar-refractivity contribution in [2.75, 3.05) is 0 Å². The van der Waals surface area contributed by atoms with E-state index in [9.17, 15) is 9.59 Å². The van der Waals surface area contributed by atoms with E-state index in [2.05, 4.69) is 31.4 Å². The van der Waals surface area contributed by atoms with Crippen molar-refractivity contribution in [3.05, 3.63) is 88.6 Å². The molecule has 0 aliphatic carbocycles. The first-order chi connectivity index (χ1) is 13.6. The third kappa shape index (κ3) is 5.75. The van der Waals surface area contributed by atoms with Crippen LogP contribution in [0.5, 0.6) is 5.75 Å². The van der Waals surface area contributed by atoms with Crippen LogP contribution < -0.4 is 10.2 Å². The monoisotopic (exact) mass is 439 g/mol. The number of furan rings is 1. The third-order valence-electron chi connectivity index (χ3n) is 3.37. The van der Waals surface area contributed by atoms with Gasteiger partial charge in [-0.15, -0.1) is 0 Å². The Bertz CT molecular complexity index is 1010. The molecule has 140 valence electrons. The van der Waals surface area contributed by atoms with E-state index in [1.165, 1.54) is 30.8 Å². The number of ether oxygens (including phenoxy) is 1. The Labute approximate surface area is 168 Å². The highest BCUT2D eigenvalue weighted by atomic mass is 79.9. The molecule has 0 unspecified atom stereocenters. The van der Waals surface area contributed by atoms with Gasteiger partial charge in [0, 0.05) is 22.9 Å². The van der Waals surface area contributed by atoms with Crippen LogP contribution in [0.25, 0.3) is 6.08 Å². The lowest BCUT2D eigenvalue weighted by atomic mass is 10.2. The minimum atomic E-state index is -0.521. The molecule has 28 heavy (non-hydrogen) atoms. The Morgan fingerprint density at radius 1 is 1.18 bits per heavy atom. The van der Waals surface area contributed by atoms with Crippen molar-refractivity contribution >= 4 is 40.1 Å². The first kappa shape index (κ1) is 19.2. The number of carbonyl (C=O) groups excluding carboxylic acids is 2. The van der Waals surface area contributed by atoms with Crippen LogP contribution in [0, 0.1) is 0 Å². The molecule has 0 saturated carbocycles. The second-order valence-corrected chi connectivity index (χ2v) is 6.35. The van der Waals surface area contributed by atoms with Gasteiger partial charge in [-0.3, -0.25) is 9.78 Å². The van der Waals surface area contributed by atoms with E-state index in [0.717, 1.165) is 5.56 Å². The number of hydrogen-bond donors (Lipinski definition) is 1. The highest BCUT2D eigenvalue weighted by Crippen LogP contribution is 2.12. The zero-order valence-corrected chi connectivity index (χ0v) is 16.0. The van der Waals surface area contributed by atoms with E-state index in [4.69, 9.17) is 9.15 Å². The number of nitrogens with zero attached hydrogens (tertiary/aromatic N) is 2. The predicted molar refractivity (Wildman–Crippen MR) is 107 cm³/mol. The van der Waals surface area contributed by atoms with Crippen molar-refractivity contribution < 1.29 is 18.7 Å². The lowest BCUT2D eigenvalue weighted by Gasteiger charge is -2.02. The topological polar surface area (TPSA) is 93.8 Å². The molecular formula is C20H14BrN3O4. The molecule has 2 aromatic heterocycles. The summed E-state index contributed by atoms with van der Waals surface area (Å²) in [5, 5.41) is 3.90. The SMILES string of the molecule is O=C(C=Cc1ccco1)Oc1ccc(C=NNC(=O)c2cncc(Br)c2)cc1. The van der Waals surface area contributed by atoms with E-state index in [1.807, 2.05) is 0 Å². The van der Waals surface area contributed by atoms with Crippen molar-refractivity contribution in [2.45, 2.75) is 0 Å². The smallest absolute Gasteiger partial charge is 0.336 e. The Balaban J connectivity index is 1.51. The molecule has 1 aromatic carbocycles. The summed E-state index contributed by atoms with van der Waals surface area (Å²) in [7, 11) is 0. The molecule has 2 heterocycles. The minimum absolute atomic E-state index is 0.376. The molecule has 0 atom stereocenters. The maximum absolute atomic E-state index is 12.0. The lowest BCUT2D eigenvalue weighted by molar-refractivity contribution is -0.128. The summed E-state index contributed by atoms with van der Waals surface area (Å²) in [5.41, 5.74) is 3.52. The number of hydrazone groups is 1. The number of benzene rings is 1. The van der Waals surface area contributed by atoms with Crippen LogP contribution in [0.4, 0.5) is 0 Å². The average molecular weight is 440 g/mol. The Morgan fingerprint density at radius 3 is 2.71 bits per heavy atom. The molecule has 7 nitrogen and oxygen atoms in total. The zero-order chi connectivity index (χ0) is 19.8. The quantitative estimate of drug-likeness (QED) is 0.207. The summed E-state index contributed by atoms with van der Waals surface area (Å²) < 4.78 is 11.0. The van der Waals surface area contributed by atoms with E-state index in [1.54, 1.807) is 48.7 Å². The molecule has 3 aromatic rings. The van der Waals surface area contributed by atoms with Crippen LogP contribution in [0.2, 0.25) is 0 Å². The van der Waals surface area contributed by atoms with Crippen LogP contribution >= 0.6 is 15.9 Å². The Hall–Kier alpha value is -3.52. The van der Waals surface area contributed by atoms with Gasteiger partial charge in [0.15, 0.2) is 0 Å². The van der Waals surface area contributed by atoms with Crippen molar-refractivity contribution in [1.82, 2.24) is 10.4 Å². The van der Waals surface area contributed by atoms with Crippen molar-refractivity contribution in [1.29, 1.82) is 0 Å². The first-order valence-corrected chi connectivity index (χ1v) is 8.87. The predicted octanol–water partition coefficient (Wildman–Crippen LogP) is 3.82. The molecule has 0 spiro atoms. The van der Waals surface area contributed by atoms with Gasteiger partial charge >= 0.3 is 5.97 Å². The highest BCUT2D eigenvalue weighted by molar-refractivity contribution is 9.10. The standard InChI is InChI=1S/C20H14BrN3O4/c21-16-10-15(12-22-13-16)20(26)24-23-11-14-3-5-18(6-4-14)28-19(25)8-7-17-2-1-9-27-17/h1-13H,(H,24,26). The van der Waals surface area contributed by atoms with Crippen LogP contribution in [0.1, 0.15) is 21.7 Å². The van der Waals surface area contributed by atoms with Crippen molar-refractivity contribution in [2.24, 2.45) is 5.10 Å². The second-order valence-electron chi connectivity index (χ2n) is 5.43. The van der Waals surface area contributed by atoms with Crippen LogP contribution in [0.3, 0.4) is 0 Å². The van der Waals surface area contributed by atoms with Gasteiger partial charge in [-0.05, 0) is 70.0 Å². The fourth-order valence-corrected chi connectivity index (χ4v) is 2.44. The van der Waals surface area contributed by atoms with Gasteiger partial charge in [0.1, 0.15) is 11.5 Å².